The Kier molecular flexibility index (Phi) is 4.38. The molecular formula is C25H24N2O. The summed E-state index contributed by atoms with van der Waals surface area (Å²) >= 11 is 0. The monoisotopic (exact) mass is 368 g/mol. The van der Waals surface area contributed by atoms with Gasteiger partial charge in [0.15, 0.2) is 0 Å². The number of fused-ring (bicyclic) bond motifs is 3. The zero-order chi connectivity index (χ0) is 18.9. The minimum absolute atomic E-state index is 0.194. The maximum atomic E-state index is 5.94. The third-order valence-electron chi connectivity index (χ3n) is 5.57. The van der Waals surface area contributed by atoms with Crippen LogP contribution in [0.25, 0.3) is 10.9 Å². The lowest BCUT2D eigenvalue weighted by atomic mass is 9.94. The lowest BCUT2D eigenvalue weighted by Crippen LogP contribution is -2.30. The molecule has 1 aliphatic rings. The molecule has 4 aromatic rings. The van der Waals surface area contributed by atoms with Crippen LogP contribution in [0.1, 0.15) is 34.0 Å². The summed E-state index contributed by atoms with van der Waals surface area (Å²) in [5, 5.41) is 5.04. The maximum absolute atomic E-state index is 5.94. The molecule has 1 unspecified atom stereocenters. The van der Waals surface area contributed by atoms with Gasteiger partial charge in [-0.1, -0.05) is 54.1 Å². The van der Waals surface area contributed by atoms with Gasteiger partial charge < -0.3 is 15.0 Å². The van der Waals surface area contributed by atoms with E-state index in [2.05, 4.69) is 71.8 Å². The van der Waals surface area contributed by atoms with E-state index in [1.165, 1.54) is 38.9 Å². The SMILES string of the molecule is Cc1ccc2[nH]c3c(c2c1)CCNC3c1ccc(OCc2ccccc2)cc1. The summed E-state index contributed by atoms with van der Waals surface area (Å²) in [5.74, 6) is 0.899. The molecule has 0 amide bonds. The molecule has 0 saturated carbocycles. The summed E-state index contributed by atoms with van der Waals surface area (Å²) in [5.41, 5.74) is 7.72. The van der Waals surface area contributed by atoms with Crippen LogP contribution < -0.4 is 10.1 Å². The fourth-order valence-electron chi connectivity index (χ4n) is 4.12. The van der Waals surface area contributed by atoms with E-state index in [1.807, 2.05) is 18.2 Å². The second-order valence-electron chi connectivity index (χ2n) is 7.55. The van der Waals surface area contributed by atoms with Crippen LogP contribution in [0.15, 0.2) is 72.8 Å². The summed E-state index contributed by atoms with van der Waals surface area (Å²) in [4.78, 5) is 3.66. The van der Waals surface area contributed by atoms with Gasteiger partial charge in [-0.05, 0) is 54.3 Å². The first-order valence-corrected chi connectivity index (χ1v) is 9.89. The smallest absolute Gasteiger partial charge is 0.119 e. The molecule has 0 bridgehead atoms. The summed E-state index contributed by atoms with van der Waals surface area (Å²) in [6, 6.07) is 25.6. The summed E-state index contributed by atoms with van der Waals surface area (Å²) in [6.45, 7) is 3.74. The van der Waals surface area contributed by atoms with Crippen LogP contribution in [0.3, 0.4) is 0 Å². The van der Waals surface area contributed by atoms with Gasteiger partial charge in [0.2, 0.25) is 0 Å². The van der Waals surface area contributed by atoms with E-state index in [0.29, 0.717) is 6.61 Å². The highest BCUT2D eigenvalue weighted by Gasteiger charge is 2.25. The normalized spacial score (nSPS) is 16.1. The number of H-pyrrole nitrogens is 1. The molecule has 3 heteroatoms. The van der Waals surface area contributed by atoms with Gasteiger partial charge in [-0.15, -0.1) is 0 Å². The van der Waals surface area contributed by atoms with Gasteiger partial charge in [0.05, 0.1) is 6.04 Å². The Labute approximate surface area is 165 Å². The number of aromatic amines is 1. The van der Waals surface area contributed by atoms with Gasteiger partial charge in [0.1, 0.15) is 12.4 Å². The van der Waals surface area contributed by atoms with E-state index in [9.17, 15) is 0 Å². The highest BCUT2D eigenvalue weighted by molar-refractivity contribution is 5.86. The summed E-state index contributed by atoms with van der Waals surface area (Å²) < 4.78 is 5.94. The van der Waals surface area contributed by atoms with Crippen LogP contribution in [0.2, 0.25) is 0 Å². The average Bonchev–Trinajstić information content (AvgIpc) is 3.11. The van der Waals surface area contributed by atoms with Gasteiger partial charge in [-0.25, -0.2) is 0 Å². The van der Waals surface area contributed by atoms with Gasteiger partial charge in [-0.2, -0.15) is 0 Å². The van der Waals surface area contributed by atoms with E-state index >= 15 is 0 Å². The van der Waals surface area contributed by atoms with E-state index < -0.39 is 0 Å². The Balaban J connectivity index is 1.39. The molecule has 2 heterocycles. The van der Waals surface area contributed by atoms with Crippen molar-refractivity contribution in [2.75, 3.05) is 6.54 Å². The molecule has 0 radical (unpaired) electrons. The molecule has 0 fully saturated rings. The predicted molar refractivity (Wildman–Crippen MR) is 114 cm³/mol. The molecule has 0 saturated heterocycles. The van der Waals surface area contributed by atoms with Crippen molar-refractivity contribution in [2.45, 2.75) is 26.0 Å². The van der Waals surface area contributed by atoms with E-state index in [-0.39, 0.29) is 6.04 Å². The highest BCUT2D eigenvalue weighted by atomic mass is 16.5. The largest absolute Gasteiger partial charge is 0.489 e. The molecule has 28 heavy (non-hydrogen) atoms. The number of aromatic nitrogens is 1. The average molecular weight is 368 g/mol. The fourth-order valence-corrected chi connectivity index (χ4v) is 4.12. The van der Waals surface area contributed by atoms with E-state index in [1.54, 1.807) is 0 Å². The van der Waals surface area contributed by atoms with Crippen LogP contribution in [0, 0.1) is 6.92 Å². The van der Waals surface area contributed by atoms with Crippen LogP contribution in [-0.4, -0.2) is 11.5 Å². The second kappa shape index (κ2) is 7.17. The first-order valence-electron chi connectivity index (χ1n) is 9.89. The van der Waals surface area contributed by atoms with Crippen molar-refractivity contribution < 1.29 is 4.74 Å². The fraction of sp³-hybridized carbons (Fsp3) is 0.200. The first-order chi connectivity index (χ1) is 13.8. The van der Waals surface area contributed by atoms with Gasteiger partial charge in [0.25, 0.3) is 0 Å². The first kappa shape index (κ1) is 17.1. The lowest BCUT2D eigenvalue weighted by Gasteiger charge is -2.25. The van der Waals surface area contributed by atoms with Crippen molar-refractivity contribution in [3.05, 3.63) is 101 Å². The molecule has 2 N–H and O–H groups in total. The van der Waals surface area contributed by atoms with Crippen molar-refractivity contribution in [3.63, 3.8) is 0 Å². The Hall–Kier alpha value is -3.04. The van der Waals surface area contributed by atoms with Crippen LogP contribution in [0.4, 0.5) is 0 Å². The Morgan fingerprint density at radius 3 is 2.61 bits per heavy atom. The molecule has 3 aromatic carbocycles. The number of aryl methyl sites for hydroxylation is 1. The molecule has 1 atom stereocenters. The molecule has 5 rings (SSSR count). The Bertz CT molecular complexity index is 1100. The number of ether oxygens (including phenoxy) is 1. The van der Waals surface area contributed by atoms with Gasteiger partial charge in [0, 0.05) is 23.1 Å². The molecule has 140 valence electrons. The topological polar surface area (TPSA) is 37.0 Å². The predicted octanol–water partition coefficient (Wildman–Crippen LogP) is 5.29. The van der Waals surface area contributed by atoms with Gasteiger partial charge in [-0.3, -0.25) is 0 Å². The van der Waals surface area contributed by atoms with Crippen LogP contribution in [0.5, 0.6) is 5.75 Å². The van der Waals surface area contributed by atoms with E-state index in [0.717, 1.165) is 18.7 Å². The standard InChI is InChI=1S/C25H24N2O/c1-17-7-12-23-22(15-17)21-13-14-26-24(25(21)27-23)19-8-10-20(11-9-19)28-16-18-5-3-2-4-6-18/h2-12,15,24,26-27H,13-14,16H2,1H3. The molecular weight excluding hydrogens is 344 g/mol. The lowest BCUT2D eigenvalue weighted by molar-refractivity contribution is 0.306. The van der Waals surface area contributed by atoms with Crippen molar-refractivity contribution in [2.24, 2.45) is 0 Å². The Morgan fingerprint density at radius 1 is 0.964 bits per heavy atom. The van der Waals surface area contributed by atoms with Crippen molar-refractivity contribution in [3.8, 4) is 5.75 Å². The maximum Gasteiger partial charge on any atom is 0.119 e. The van der Waals surface area contributed by atoms with Crippen molar-refractivity contribution >= 4 is 10.9 Å². The molecule has 1 aromatic heterocycles. The third-order valence-corrected chi connectivity index (χ3v) is 5.57. The second-order valence-corrected chi connectivity index (χ2v) is 7.55. The molecule has 0 aliphatic carbocycles. The van der Waals surface area contributed by atoms with E-state index in [4.69, 9.17) is 4.74 Å². The minimum Gasteiger partial charge on any atom is -0.489 e. The highest BCUT2D eigenvalue weighted by Crippen LogP contribution is 2.34. The zero-order valence-electron chi connectivity index (χ0n) is 16.0. The number of benzene rings is 3. The van der Waals surface area contributed by atoms with Crippen LogP contribution in [-0.2, 0) is 13.0 Å². The molecule has 3 nitrogen and oxygen atoms in total. The zero-order valence-corrected chi connectivity index (χ0v) is 16.0. The number of rotatable bonds is 4. The minimum atomic E-state index is 0.194. The number of hydrogen-bond acceptors (Lipinski definition) is 2. The van der Waals surface area contributed by atoms with Crippen LogP contribution >= 0.6 is 0 Å². The Morgan fingerprint density at radius 2 is 1.79 bits per heavy atom. The van der Waals surface area contributed by atoms with Gasteiger partial charge >= 0.3 is 0 Å². The van der Waals surface area contributed by atoms with Crippen molar-refractivity contribution in [1.82, 2.24) is 10.3 Å². The third kappa shape index (κ3) is 3.19. The molecule has 0 spiro atoms. The molecule has 1 aliphatic heterocycles. The van der Waals surface area contributed by atoms with Crippen molar-refractivity contribution in [1.29, 1.82) is 0 Å². The number of hydrogen-bond donors (Lipinski definition) is 2. The quantitative estimate of drug-likeness (QED) is 0.513. The summed E-state index contributed by atoms with van der Waals surface area (Å²) in [6.07, 6.45) is 1.06. The summed E-state index contributed by atoms with van der Waals surface area (Å²) in [7, 11) is 0. The number of nitrogens with one attached hydrogen (secondary N) is 2.